The van der Waals surface area contributed by atoms with E-state index in [2.05, 4.69) is 10.2 Å². The standard InChI is InChI=1S/C15H12N2O3/c18-14-4-2-1-3-13(14)10-17-16-9-11-5-7-12(8-6-11)15(19)20/h1-10,18H,(H,19,20)/b16-9+,17-10+. The molecule has 0 aliphatic rings. The maximum Gasteiger partial charge on any atom is 0.335 e. The number of benzene rings is 2. The van der Waals surface area contributed by atoms with Crippen LogP contribution in [0.1, 0.15) is 21.5 Å². The molecule has 0 aliphatic heterocycles. The lowest BCUT2D eigenvalue weighted by Gasteiger charge is -1.95. The molecule has 2 N–H and O–H groups in total. The Morgan fingerprint density at radius 3 is 2.25 bits per heavy atom. The molecule has 2 aromatic carbocycles. The van der Waals surface area contributed by atoms with E-state index < -0.39 is 5.97 Å². The summed E-state index contributed by atoms with van der Waals surface area (Å²) < 4.78 is 0. The number of hydrogen-bond acceptors (Lipinski definition) is 4. The molecule has 0 saturated heterocycles. The van der Waals surface area contributed by atoms with Gasteiger partial charge in [0.05, 0.1) is 18.0 Å². The molecule has 2 rings (SSSR count). The van der Waals surface area contributed by atoms with E-state index >= 15 is 0 Å². The third-order valence-corrected chi connectivity index (χ3v) is 2.56. The van der Waals surface area contributed by atoms with Crippen molar-refractivity contribution in [3.05, 3.63) is 65.2 Å². The van der Waals surface area contributed by atoms with Crippen LogP contribution in [0.4, 0.5) is 0 Å². The number of phenolic OH excluding ortho intramolecular Hbond substituents is 1. The summed E-state index contributed by atoms with van der Waals surface area (Å²) in [7, 11) is 0. The number of nitrogens with zero attached hydrogens (tertiary/aromatic N) is 2. The minimum absolute atomic E-state index is 0.136. The molecule has 0 spiro atoms. The van der Waals surface area contributed by atoms with Crippen molar-refractivity contribution in [2.24, 2.45) is 10.2 Å². The number of carboxylic acids is 1. The van der Waals surface area contributed by atoms with Crippen molar-refractivity contribution in [1.82, 2.24) is 0 Å². The number of carbonyl (C=O) groups is 1. The van der Waals surface area contributed by atoms with E-state index in [0.29, 0.717) is 5.56 Å². The minimum Gasteiger partial charge on any atom is -0.507 e. The van der Waals surface area contributed by atoms with Gasteiger partial charge in [-0.25, -0.2) is 4.79 Å². The molecule has 20 heavy (non-hydrogen) atoms. The van der Waals surface area contributed by atoms with Gasteiger partial charge in [-0.2, -0.15) is 10.2 Å². The van der Waals surface area contributed by atoms with Gasteiger partial charge in [0.25, 0.3) is 0 Å². The van der Waals surface area contributed by atoms with E-state index in [4.69, 9.17) is 5.11 Å². The molecule has 2 aromatic rings. The minimum atomic E-state index is -0.967. The first-order valence-electron chi connectivity index (χ1n) is 5.84. The van der Waals surface area contributed by atoms with Crippen LogP contribution < -0.4 is 0 Å². The Morgan fingerprint density at radius 2 is 1.60 bits per heavy atom. The van der Waals surface area contributed by atoms with Gasteiger partial charge in [0.15, 0.2) is 0 Å². The number of rotatable bonds is 4. The highest BCUT2D eigenvalue weighted by Crippen LogP contribution is 2.12. The topological polar surface area (TPSA) is 82.2 Å². The van der Waals surface area contributed by atoms with Crippen LogP contribution in [0.5, 0.6) is 5.75 Å². The summed E-state index contributed by atoms with van der Waals surface area (Å²) in [5, 5.41) is 25.9. The average molecular weight is 268 g/mol. The van der Waals surface area contributed by atoms with E-state index in [-0.39, 0.29) is 11.3 Å². The highest BCUT2D eigenvalue weighted by Gasteiger charge is 2.00. The maximum absolute atomic E-state index is 10.7. The van der Waals surface area contributed by atoms with Gasteiger partial charge in [-0.05, 0) is 29.8 Å². The highest BCUT2D eigenvalue weighted by atomic mass is 16.4. The number of aromatic hydroxyl groups is 1. The van der Waals surface area contributed by atoms with Gasteiger partial charge < -0.3 is 10.2 Å². The molecule has 0 unspecified atom stereocenters. The molecular weight excluding hydrogens is 256 g/mol. The third-order valence-electron chi connectivity index (χ3n) is 2.56. The number of para-hydroxylation sites is 1. The fourth-order valence-electron chi connectivity index (χ4n) is 1.50. The maximum atomic E-state index is 10.7. The van der Waals surface area contributed by atoms with E-state index in [9.17, 15) is 9.90 Å². The Balaban J connectivity index is 2.03. The Hall–Kier alpha value is -2.95. The van der Waals surface area contributed by atoms with Crippen LogP contribution in [0, 0.1) is 0 Å². The van der Waals surface area contributed by atoms with Crippen molar-refractivity contribution in [1.29, 1.82) is 0 Å². The highest BCUT2D eigenvalue weighted by molar-refractivity contribution is 5.89. The van der Waals surface area contributed by atoms with Crippen LogP contribution in [0.25, 0.3) is 0 Å². The van der Waals surface area contributed by atoms with Crippen LogP contribution >= 0.6 is 0 Å². The van der Waals surface area contributed by atoms with Gasteiger partial charge in [-0.3, -0.25) is 0 Å². The molecule has 5 nitrogen and oxygen atoms in total. The molecule has 0 aliphatic carbocycles. The van der Waals surface area contributed by atoms with Gasteiger partial charge in [-0.1, -0.05) is 24.3 Å². The SMILES string of the molecule is O=C(O)c1ccc(/C=N/N=C/c2ccccc2O)cc1. The molecule has 0 aromatic heterocycles. The summed E-state index contributed by atoms with van der Waals surface area (Å²) >= 11 is 0. The summed E-state index contributed by atoms with van der Waals surface area (Å²) in [5.74, 6) is -0.830. The number of phenols is 1. The average Bonchev–Trinajstić information content (AvgIpc) is 2.46. The van der Waals surface area contributed by atoms with Crippen LogP contribution in [-0.4, -0.2) is 28.6 Å². The monoisotopic (exact) mass is 268 g/mol. The molecule has 0 amide bonds. The van der Waals surface area contributed by atoms with E-state index in [1.165, 1.54) is 24.6 Å². The van der Waals surface area contributed by atoms with Gasteiger partial charge >= 0.3 is 5.97 Å². The number of aromatic carboxylic acids is 1. The predicted molar refractivity (Wildman–Crippen MR) is 76.7 cm³/mol. The molecule has 0 saturated carbocycles. The zero-order valence-corrected chi connectivity index (χ0v) is 10.5. The summed E-state index contributed by atoms with van der Waals surface area (Å²) in [6.07, 6.45) is 2.94. The van der Waals surface area contributed by atoms with Crippen LogP contribution in [0.2, 0.25) is 0 Å². The summed E-state index contributed by atoms with van der Waals surface area (Å²) in [4.78, 5) is 10.7. The lowest BCUT2D eigenvalue weighted by molar-refractivity contribution is 0.0697. The lowest BCUT2D eigenvalue weighted by atomic mass is 10.1. The Morgan fingerprint density at radius 1 is 0.950 bits per heavy atom. The first-order chi connectivity index (χ1) is 9.66. The Kier molecular flexibility index (Phi) is 4.24. The molecule has 100 valence electrons. The zero-order valence-electron chi connectivity index (χ0n) is 10.5. The predicted octanol–water partition coefficient (Wildman–Crippen LogP) is 2.54. The summed E-state index contributed by atoms with van der Waals surface area (Å²) in [5.41, 5.74) is 1.54. The van der Waals surface area contributed by atoms with Gasteiger partial charge in [0.1, 0.15) is 5.75 Å². The van der Waals surface area contributed by atoms with Crippen LogP contribution in [-0.2, 0) is 0 Å². The van der Waals surface area contributed by atoms with Crippen molar-refractivity contribution >= 4 is 18.4 Å². The molecule has 0 fully saturated rings. The fourth-order valence-corrected chi connectivity index (χ4v) is 1.50. The first-order valence-corrected chi connectivity index (χ1v) is 5.84. The second-order valence-electron chi connectivity index (χ2n) is 3.98. The second-order valence-corrected chi connectivity index (χ2v) is 3.98. The quantitative estimate of drug-likeness (QED) is 0.660. The van der Waals surface area contributed by atoms with Crippen molar-refractivity contribution in [3.8, 4) is 5.75 Å². The second kappa shape index (κ2) is 6.29. The van der Waals surface area contributed by atoms with Gasteiger partial charge in [0, 0.05) is 5.56 Å². The molecule has 5 heteroatoms. The van der Waals surface area contributed by atoms with Gasteiger partial charge in [0.2, 0.25) is 0 Å². The Bertz CT molecular complexity index is 661. The van der Waals surface area contributed by atoms with Crippen molar-refractivity contribution in [3.63, 3.8) is 0 Å². The first kappa shape index (κ1) is 13.5. The van der Waals surface area contributed by atoms with Crippen LogP contribution in [0.3, 0.4) is 0 Å². The van der Waals surface area contributed by atoms with Crippen LogP contribution in [0.15, 0.2) is 58.7 Å². The van der Waals surface area contributed by atoms with Crippen molar-refractivity contribution in [2.45, 2.75) is 0 Å². The summed E-state index contributed by atoms with van der Waals surface area (Å²) in [6, 6.07) is 13.1. The molecule has 0 bridgehead atoms. The van der Waals surface area contributed by atoms with Crippen molar-refractivity contribution in [2.75, 3.05) is 0 Å². The van der Waals surface area contributed by atoms with E-state index in [1.807, 2.05) is 0 Å². The smallest absolute Gasteiger partial charge is 0.335 e. The largest absolute Gasteiger partial charge is 0.507 e. The number of carboxylic acid groups (broad SMARTS) is 1. The third kappa shape index (κ3) is 3.52. The molecular formula is C15H12N2O3. The molecule has 0 radical (unpaired) electrons. The van der Waals surface area contributed by atoms with Crippen molar-refractivity contribution < 1.29 is 15.0 Å². The molecule has 0 heterocycles. The normalized spacial score (nSPS) is 11.2. The molecule has 0 atom stereocenters. The van der Waals surface area contributed by atoms with E-state index in [1.54, 1.807) is 36.4 Å². The summed E-state index contributed by atoms with van der Waals surface area (Å²) in [6.45, 7) is 0. The number of hydrogen-bond donors (Lipinski definition) is 2. The fraction of sp³-hybridized carbons (Fsp3) is 0. The zero-order chi connectivity index (χ0) is 14.4. The van der Waals surface area contributed by atoms with Gasteiger partial charge in [-0.15, -0.1) is 0 Å². The van der Waals surface area contributed by atoms with E-state index in [0.717, 1.165) is 5.56 Å². The Labute approximate surface area is 115 Å². The lowest BCUT2D eigenvalue weighted by Crippen LogP contribution is -1.95.